The molecule has 2 amide bonds. The molecule has 0 atom stereocenters. The summed E-state index contributed by atoms with van der Waals surface area (Å²) in [5.41, 5.74) is 6.67. The average molecular weight is 396 g/mol. The maximum Gasteiger partial charge on any atom is 0.573 e. The van der Waals surface area contributed by atoms with Crippen LogP contribution in [-0.2, 0) is 0 Å². The summed E-state index contributed by atoms with van der Waals surface area (Å²) < 4.78 is 40.2. The summed E-state index contributed by atoms with van der Waals surface area (Å²) in [6.45, 7) is 0. The van der Waals surface area contributed by atoms with Crippen LogP contribution < -0.4 is 15.8 Å². The van der Waals surface area contributed by atoms with Crippen LogP contribution in [0.5, 0.6) is 5.75 Å². The zero-order valence-electron chi connectivity index (χ0n) is 13.3. The number of hydrogen-bond acceptors (Lipinski definition) is 5. The Balaban J connectivity index is 1.67. The van der Waals surface area contributed by atoms with E-state index in [4.69, 9.17) is 5.73 Å². The molecule has 0 aliphatic carbocycles. The molecule has 2 heterocycles. The fourth-order valence-corrected chi connectivity index (χ4v) is 2.84. The van der Waals surface area contributed by atoms with Crippen molar-refractivity contribution < 1.29 is 27.5 Å². The Labute approximate surface area is 154 Å². The number of nitrogens with zero attached hydrogens (tertiary/aromatic N) is 1. The fraction of sp³-hybridized carbons (Fsp3) is 0.0625. The third-order valence-corrected chi connectivity index (χ3v) is 4.08. The van der Waals surface area contributed by atoms with Gasteiger partial charge in [-0.05, 0) is 30.3 Å². The highest BCUT2D eigenvalue weighted by molar-refractivity contribution is 7.14. The summed E-state index contributed by atoms with van der Waals surface area (Å²) in [6.07, 6.45) is -3.24. The van der Waals surface area contributed by atoms with E-state index in [2.05, 4.69) is 20.0 Å². The maximum atomic E-state index is 12.2. The monoisotopic (exact) mass is 396 g/mol. The molecule has 0 aliphatic heterocycles. The average Bonchev–Trinajstić information content (AvgIpc) is 3.23. The molecule has 27 heavy (non-hydrogen) atoms. The van der Waals surface area contributed by atoms with Crippen LogP contribution in [0, 0.1) is 0 Å². The van der Waals surface area contributed by atoms with E-state index in [1.807, 2.05) is 0 Å². The molecule has 7 nitrogen and oxygen atoms in total. The van der Waals surface area contributed by atoms with Crippen LogP contribution in [0.3, 0.4) is 0 Å². The molecule has 4 N–H and O–H groups in total. The number of amides is 2. The molecule has 0 fully saturated rings. The Morgan fingerprint density at radius 2 is 1.93 bits per heavy atom. The smallest absolute Gasteiger partial charge is 0.406 e. The number of carbonyl (C=O) groups is 2. The number of benzene rings is 1. The second-order valence-electron chi connectivity index (χ2n) is 5.23. The van der Waals surface area contributed by atoms with Gasteiger partial charge in [-0.3, -0.25) is 14.9 Å². The summed E-state index contributed by atoms with van der Waals surface area (Å²) in [7, 11) is 0. The molecule has 0 spiro atoms. The highest BCUT2D eigenvalue weighted by atomic mass is 32.1. The molecule has 0 radical (unpaired) electrons. The van der Waals surface area contributed by atoms with Crippen molar-refractivity contribution >= 4 is 28.3 Å². The standard InChI is InChI=1S/C16H11F3N4O3S/c17-16(18,19)26-10-3-1-8(2-4-10)14(25)23-15-22-12(7-27-15)9-5-11(13(20)24)21-6-9/h1-7,21H,(H2,20,24)(H,22,23,25). The van der Waals surface area contributed by atoms with Crippen molar-refractivity contribution in [2.24, 2.45) is 5.73 Å². The molecule has 0 saturated carbocycles. The van der Waals surface area contributed by atoms with Crippen molar-refractivity contribution in [1.29, 1.82) is 0 Å². The molecule has 0 saturated heterocycles. The molecule has 140 valence electrons. The Kier molecular flexibility index (Phi) is 4.86. The third-order valence-electron chi connectivity index (χ3n) is 3.32. The number of ether oxygens (including phenoxy) is 1. The Hall–Kier alpha value is -3.34. The number of anilines is 1. The van der Waals surface area contributed by atoms with Crippen LogP contribution in [0.25, 0.3) is 11.3 Å². The van der Waals surface area contributed by atoms with Gasteiger partial charge in [-0.25, -0.2) is 4.98 Å². The zero-order chi connectivity index (χ0) is 19.6. The van der Waals surface area contributed by atoms with Gasteiger partial charge in [-0.15, -0.1) is 24.5 Å². The number of hydrogen-bond donors (Lipinski definition) is 3. The lowest BCUT2D eigenvalue weighted by atomic mass is 10.2. The van der Waals surface area contributed by atoms with Gasteiger partial charge < -0.3 is 15.5 Å². The quantitative estimate of drug-likeness (QED) is 0.614. The number of thiazole rings is 1. The first kappa shape index (κ1) is 18.5. The summed E-state index contributed by atoms with van der Waals surface area (Å²) >= 11 is 1.15. The lowest BCUT2D eigenvalue weighted by Crippen LogP contribution is -2.17. The number of H-pyrrole nitrogens is 1. The topological polar surface area (TPSA) is 110 Å². The Morgan fingerprint density at radius 1 is 1.22 bits per heavy atom. The predicted molar refractivity (Wildman–Crippen MR) is 91.5 cm³/mol. The van der Waals surface area contributed by atoms with Crippen molar-refractivity contribution in [3.05, 3.63) is 53.2 Å². The number of nitrogens with two attached hydrogens (primary N) is 1. The summed E-state index contributed by atoms with van der Waals surface area (Å²) in [5.74, 6) is -1.57. The van der Waals surface area contributed by atoms with E-state index in [9.17, 15) is 22.8 Å². The lowest BCUT2D eigenvalue weighted by molar-refractivity contribution is -0.274. The number of nitrogens with one attached hydrogen (secondary N) is 2. The molecule has 0 bridgehead atoms. The van der Waals surface area contributed by atoms with E-state index in [0.717, 1.165) is 23.5 Å². The summed E-state index contributed by atoms with van der Waals surface area (Å²) in [5, 5.41) is 4.50. The van der Waals surface area contributed by atoms with Gasteiger partial charge in [-0.1, -0.05) is 0 Å². The van der Waals surface area contributed by atoms with Crippen LogP contribution >= 0.6 is 11.3 Å². The van der Waals surface area contributed by atoms with Crippen LogP contribution in [0.4, 0.5) is 18.3 Å². The maximum absolute atomic E-state index is 12.2. The van der Waals surface area contributed by atoms with E-state index in [-0.39, 0.29) is 16.4 Å². The van der Waals surface area contributed by atoms with Crippen molar-refractivity contribution in [2.75, 3.05) is 5.32 Å². The van der Waals surface area contributed by atoms with Gasteiger partial charge in [0.15, 0.2) is 5.13 Å². The largest absolute Gasteiger partial charge is 0.573 e. The van der Waals surface area contributed by atoms with Crippen molar-refractivity contribution in [3.8, 4) is 17.0 Å². The first-order valence-electron chi connectivity index (χ1n) is 7.32. The first-order chi connectivity index (χ1) is 12.7. The van der Waals surface area contributed by atoms with Gasteiger partial charge in [-0.2, -0.15) is 0 Å². The highest BCUT2D eigenvalue weighted by Crippen LogP contribution is 2.26. The molecular formula is C16H11F3N4O3S. The van der Waals surface area contributed by atoms with E-state index < -0.39 is 23.9 Å². The number of halogens is 3. The van der Waals surface area contributed by atoms with Crippen molar-refractivity contribution in [1.82, 2.24) is 9.97 Å². The molecule has 0 aliphatic rings. The number of alkyl halides is 3. The molecule has 0 unspecified atom stereocenters. The second-order valence-corrected chi connectivity index (χ2v) is 6.09. The van der Waals surface area contributed by atoms with Crippen LogP contribution in [-0.4, -0.2) is 28.1 Å². The number of aromatic nitrogens is 2. The van der Waals surface area contributed by atoms with E-state index >= 15 is 0 Å². The van der Waals surface area contributed by atoms with Gasteiger partial charge in [0.25, 0.3) is 11.8 Å². The van der Waals surface area contributed by atoms with Gasteiger partial charge in [0.1, 0.15) is 11.4 Å². The lowest BCUT2D eigenvalue weighted by Gasteiger charge is -2.09. The van der Waals surface area contributed by atoms with Crippen LogP contribution in [0.1, 0.15) is 20.8 Å². The second kappa shape index (κ2) is 7.11. The zero-order valence-corrected chi connectivity index (χ0v) is 14.1. The van der Waals surface area contributed by atoms with Crippen LogP contribution in [0.15, 0.2) is 41.9 Å². The molecule has 1 aromatic carbocycles. The van der Waals surface area contributed by atoms with Gasteiger partial charge >= 0.3 is 6.36 Å². The van der Waals surface area contributed by atoms with Crippen LogP contribution in [0.2, 0.25) is 0 Å². The van der Waals surface area contributed by atoms with Gasteiger partial charge in [0, 0.05) is 22.7 Å². The number of aromatic amines is 1. The molecule has 2 aromatic heterocycles. The predicted octanol–water partition coefficient (Wildman–Crippen LogP) is 3.39. The minimum Gasteiger partial charge on any atom is -0.406 e. The highest BCUT2D eigenvalue weighted by Gasteiger charge is 2.31. The fourth-order valence-electron chi connectivity index (χ4n) is 2.13. The number of primary amides is 1. The summed E-state index contributed by atoms with van der Waals surface area (Å²) in [4.78, 5) is 30.2. The van der Waals surface area contributed by atoms with Crippen molar-refractivity contribution in [2.45, 2.75) is 6.36 Å². The number of rotatable bonds is 5. The van der Waals surface area contributed by atoms with Gasteiger partial charge in [0.2, 0.25) is 0 Å². The summed E-state index contributed by atoms with van der Waals surface area (Å²) in [6, 6.07) is 6.02. The Bertz CT molecular complexity index is 979. The molecule has 11 heteroatoms. The SMILES string of the molecule is NC(=O)c1cc(-c2csc(NC(=O)c3ccc(OC(F)(F)F)cc3)n2)c[nH]1. The normalized spacial score (nSPS) is 11.2. The molecule has 3 rings (SSSR count). The van der Waals surface area contributed by atoms with E-state index in [0.29, 0.717) is 11.3 Å². The minimum absolute atomic E-state index is 0.138. The molecule has 3 aromatic rings. The van der Waals surface area contributed by atoms with Crippen molar-refractivity contribution in [3.63, 3.8) is 0 Å². The van der Waals surface area contributed by atoms with E-state index in [1.165, 1.54) is 18.2 Å². The Morgan fingerprint density at radius 3 is 2.52 bits per heavy atom. The van der Waals surface area contributed by atoms with Gasteiger partial charge in [0.05, 0.1) is 5.69 Å². The minimum atomic E-state index is -4.80. The molecular weight excluding hydrogens is 385 g/mol. The van der Waals surface area contributed by atoms with E-state index in [1.54, 1.807) is 11.6 Å². The first-order valence-corrected chi connectivity index (χ1v) is 8.20. The number of carbonyl (C=O) groups excluding carboxylic acids is 2. The third kappa shape index (κ3) is 4.64.